The van der Waals surface area contributed by atoms with Crippen LogP contribution in [0.5, 0.6) is 0 Å². The largest absolute Gasteiger partial charge is 0.381 e. The lowest BCUT2D eigenvalue weighted by molar-refractivity contribution is 0.0485. The quantitative estimate of drug-likeness (QED) is 0.589. The average molecular weight is 391 g/mol. The SMILES string of the molecule is ClCc1nc2cc(I)ccc2n1CC1CCCOC1. The highest BCUT2D eigenvalue weighted by atomic mass is 127. The molecule has 102 valence electrons. The molecule has 1 atom stereocenters. The second-order valence-electron chi connectivity index (χ2n) is 4.99. The summed E-state index contributed by atoms with van der Waals surface area (Å²) in [5.41, 5.74) is 2.22. The van der Waals surface area contributed by atoms with Gasteiger partial charge in [-0.25, -0.2) is 4.98 Å². The number of halogens is 2. The highest BCUT2D eigenvalue weighted by Gasteiger charge is 2.18. The van der Waals surface area contributed by atoms with Gasteiger partial charge < -0.3 is 9.30 Å². The molecule has 3 rings (SSSR count). The number of ether oxygens (including phenoxy) is 1. The van der Waals surface area contributed by atoms with Crippen LogP contribution in [0.25, 0.3) is 11.0 Å². The van der Waals surface area contributed by atoms with Crippen LogP contribution in [0, 0.1) is 9.49 Å². The molecular formula is C14H16ClIN2O. The molecule has 0 aliphatic carbocycles. The van der Waals surface area contributed by atoms with Gasteiger partial charge in [-0.15, -0.1) is 11.6 Å². The smallest absolute Gasteiger partial charge is 0.124 e. The molecule has 0 spiro atoms. The van der Waals surface area contributed by atoms with Crippen molar-refractivity contribution >= 4 is 45.2 Å². The van der Waals surface area contributed by atoms with Crippen molar-refractivity contribution in [3.63, 3.8) is 0 Å². The molecule has 1 aromatic carbocycles. The van der Waals surface area contributed by atoms with Crippen LogP contribution in [0.2, 0.25) is 0 Å². The molecule has 1 aliphatic rings. The number of hydrogen-bond acceptors (Lipinski definition) is 2. The normalized spacial score (nSPS) is 20.0. The van der Waals surface area contributed by atoms with Crippen LogP contribution in [-0.2, 0) is 17.2 Å². The number of benzene rings is 1. The standard InChI is InChI=1S/C14H16ClIN2O/c15-7-14-17-12-6-11(16)3-4-13(12)18(14)8-10-2-1-5-19-9-10/h3-4,6,10H,1-2,5,7-9H2. The van der Waals surface area contributed by atoms with Crippen LogP contribution < -0.4 is 0 Å². The Hall–Kier alpha value is -0.330. The Labute approximate surface area is 131 Å². The summed E-state index contributed by atoms with van der Waals surface area (Å²) in [5, 5.41) is 0. The summed E-state index contributed by atoms with van der Waals surface area (Å²) >= 11 is 8.36. The van der Waals surface area contributed by atoms with E-state index in [0.717, 1.165) is 37.5 Å². The zero-order valence-electron chi connectivity index (χ0n) is 10.6. The Balaban J connectivity index is 1.95. The summed E-state index contributed by atoms with van der Waals surface area (Å²) < 4.78 is 9.03. The Morgan fingerprint density at radius 3 is 3.11 bits per heavy atom. The Morgan fingerprint density at radius 1 is 1.47 bits per heavy atom. The van der Waals surface area contributed by atoms with Crippen molar-refractivity contribution in [2.45, 2.75) is 25.3 Å². The number of nitrogens with zero attached hydrogens (tertiary/aromatic N) is 2. The van der Waals surface area contributed by atoms with Crippen LogP contribution in [0.1, 0.15) is 18.7 Å². The number of aromatic nitrogens is 2. The molecule has 1 aromatic heterocycles. The third-order valence-corrected chi connectivity index (χ3v) is 4.51. The molecule has 1 saturated heterocycles. The number of alkyl halides is 1. The Kier molecular flexibility index (Phi) is 4.29. The summed E-state index contributed by atoms with van der Waals surface area (Å²) in [7, 11) is 0. The van der Waals surface area contributed by atoms with Gasteiger partial charge in [-0.2, -0.15) is 0 Å². The molecule has 19 heavy (non-hydrogen) atoms. The minimum absolute atomic E-state index is 0.457. The van der Waals surface area contributed by atoms with Crippen molar-refractivity contribution in [1.82, 2.24) is 9.55 Å². The summed E-state index contributed by atoms with van der Waals surface area (Å²) in [6.07, 6.45) is 2.39. The number of imidazole rings is 1. The lowest BCUT2D eigenvalue weighted by Gasteiger charge is -2.23. The zero-order chi connectivity index (χ0) is 13.2. The van der Waals surface area contributed by atoms with E-state index in [4.69, 9.17) is 16.3 Å². The van der Waals surface area contributed by atoms with Gasteiger partial charge in [0.15, 0.2) is 0 Å². The van der Waals surface area contributed by atoms with Crippen molar-refractivity contribution < 1.29 is 4.74 Å². The van der Waals surface area contributed by atoms with E-state index in [-0.39, 0.29) is 0 Å². The summed E-state index contributed by atoms with van der Waals surface area (Å²) in [5.74, 6) is 2.00. The minimum atomic E-state index is 0.457. The fourth-order valence-electron chi connectivity index (χ4n) is 2.67. The first kappa shape index (κ1) is 13.6. The van der Waals surface area contributed by atoms with Crippen molar-refractivity contribution in [3.8, 4) is 0 Å². The molecule has 3 nitrogen and oxygen atoms in total. The highest BCUT2D eigenvalue weighted by molar-refractivity contribution is 14.1. The monoisotopic (exact) mass is 390 g/mol. The lowest BCUT2D eigenvalue weighted by atomic mass is 10.0. The summed E-state index contributed by atoms with van der Waals surface area (Å²) in [6.45, 7) is 2.71. The van der Waals surface area contributed by atoms with Crippen LogP contribution in [0.3, 0.4) is 0 Å². The van der Waals surface area contributed by atoms with Gasteiger partial charge in [0.25, 0.3) is 0 Å². The third-order valence-electron chi connectivity index (χ3n) is 3.60. The van der Waals surface area contributed by atoms with E-state index in [2.05, 4.69) is 50.3 Å². The van der Waals surface area contributed by atoms with Crippen LogP contribution in [0.15, 0.2) is 18.2 Å². The van der Waals surface area contributed by atoms with Crippen LogP contribution in [0.4, 0.5) is 0 Å². The summed E-state index contributed by atoms with van der Waals surface area (Å²) in [6, 6.07) is 6.38. The average Bonchev–Trinajstić information content (AvgIpc) is 2.77. The second-order valence-corrected chi connectivity index (χ2v) is 6.50. The number of hydrogen-bond donors (Lipinski definition) is 0. The van der Waals surface area contributed by atoms with Crippen molar-refractivity contribution in [1.29, 1.82) is 0 Å². The molecule has 0 bridgehead atoms. The first-order valence-electron chi connectivity index (χ1n) is 6.56. The molecule has 0 N–H and O–H groups in total. The van der Waals surface area contributed by atoms with E-state index in [1.54, 1.807) is 0 Å². The minimum Gasteiger partial charge on any atom is -0.381 e. The van der Waals surface area contributed by atoms with Gasteiger partial charge >= 0.3 is 0 Å². The maximum Gasteiger partial charge on any atom is 0.124 e. The van der Waals surface area contributed by atoms with E-state index >= 15 is 0 Å². The fraction of sp³-hybridized carbons (Fsp3) is 0.500. The molecule has 1 unspecified atom stereocenters. The van der Waals surface area contributed by atoms with Crippen molar-refractivity contribution in [2.75, 3.05) is 13.2 Å². The second kappa shape index (κ2) is 5.97. The predicted octanol–water partition coefficient (Wildman–Crippen LogP) is 3.81. The lowest BCUT2D eigenvalue weighted by Crippen LogP contribution is -2.22. The highest BCUT2D eigenvalue weighted by Crippen LogP contribution is 2.24. The molecule has 0 amide bonds. The van der Waals surface area contributed by atoms with E-state index < -0.39 is 0 Å². The van der Waals surface area contributed by atoms with Crippen molar-refractivity contribution in [2.24, 2.45) is 5.92 Å². The van der Waals surface area contributed by atoms with E-state index in [1.165, 1.54) is 15.5 Å². The maximum atomic E-state index is 6.04. The third kappa shape index (κ3) is 2.90. The van der Waals surface area contributed by atoms with Gasteiger partial charge in [0, 0.05) is 22.6 Å². The molecule has 2 heterocycles. The van der Waals surface area contributed by atoms with Gasteiger partial charge in [-0.1, -0.05) is 0 Å². The van der Waals surface area contributed by atoms with Gasteiger partial charge in [0.2, 0.25) is 0 Å². The van der Waals surface area contributed by atoms with E-state index in [1.807, 2.05) is 0 Å². The van der Waals surface area contributed by atoms with Gasteiger partial charge in [-0.3, -0.25) is 0 Å². The molecule has 5 heteroatoms. The number of fused-ring (bicyclic) bond motifs is 1. The first-order chi connectivity index (χ1) is 9.28. The Bertz CT molecular complexity index is 578. The zero-order valence-corrected chi connectivity index (χ0v) is 13.5. The predicted molar refractivity (Wildman–Crippen MR) is 85.6 cm³/mol. The van der Waals surface area contributed by atoms with Gasteiger partial charge in [0.05, 0.1) is 23.5 Å². The molecule has 1 fully saturated rings. The van der Waals surface area contributed by atoms with E-state index in [0.29, 0.717) is 11.8 Å². The van der Waals surface area contributed by atoms with Crippen LogP contribution >= 0.6 is 34.2 Å². The molecule has 2 aromatic rings. The molecule has 0 radical (unpaired) electrons. The first-order valence-corrected chi connectivity index (χ1v) is 8.17. The Morgan fingerprint density at radius 2 is 2.37 bits per heavy atom. The fourth-order valence-corrected chi connectivity index (χ4v) is 3.35. The molecule has 1 aliphatic heterocycles. The topological polar surface area (TPSA) is 27.1 Å². The number of rotatable bonds is 3. The van der Waals surface area contributed by atoms with E-state index in [9.17, 15) is 0 Å². The maximum absolute atomic E-state index is 6.04. The molecule has 0 saturated carbocycles. The van der Waals surface area contributed by atoms with Gasteiger partial charge in [0.1, 0.15) is 5.82 Å². The van der Waals surface area contributed by atoms with Crippen molar-refractivity contribution in [3.05, 3.63) is 27.6 Å². The summed E-state index contributed by atoms with van der Waals surface area (Å²) in [4.78, 5) is 4.64. The molecular weight excluding hydrogens is 375 g/mol. The van der Waals surface area contributed by atoms with Gasteiger partial charge in [-0.05, 0) is 53.6 Å². The van der Waals surface area contributed by atoms with Crippen LogP contribution in [-0.4, -0.2) is 22.8 Å².